The smallest absolute Gasteiger partial charge is 0.340 e. The first-order valence-electron chi connectivity index (χ1n) is 5.57. The Labute approximate surface area is 101 Å². The Morgan fingerprint density at radius 1 is 1.41 bits per heavy atom. The molecule has 2 N–H and O–H groups in total. The second kappa shape index (κ2) is 5.17. The number of carboxylic acid groups (broad SMARTS) is 1. The topological polar surface area (TPSA) is 49.3 Å². The fraction of sp³-hybridized carbons (Fsp3) is 0.462. The lowest BCUT2D eigenvalue weighted by Crippen LogP contribution is -2.15. The van der Waals surface area contributed by atoms with Crippen molar-refractivity contribution >= 4 is 11.7 Å². The zero-order valence-corrected chi connectivity index (χ0v) is 10.4. The van der Waals surface area contributed by atoms with Crippen molar-refractivity contribution in [3.8, 4) is 0 Å². The number of rotatable bonds is 4. The lowest BCUT2D eigenvalue weighted by atomic mass is 9.92. The van der Waals surface area contributed by atoms with Crippen molar-refractivity contribution in [3.63, 3.8) is 0 Å². The van der Waals surface area contributed by atoms with Crippen molar-refractivity contribution < 1.29 is 14.3 Å². The largest absolute Gasteiger partial charge is 0.478 e. The summed E-state index contributed by atoms with van der Waals surface area (Å²) in [6.07, 6.45) is 0.878. The molecule has 0 aliphatic carbocycles. The van der Waals surface area contributed by atoms with E-state index in [9.17, 15) is 9.18 Å². The molecule has 1 aromatic rings. The number of halogens is 1. The molecule has 0 unspecified atom stereocenters. The molecule has 0 fully saturated rings. The molecule has 1 rings (SSSR count). The van der Waals surface area contributed by atoms with Crippen LogP contribution in [0.4, 0.5) is 10.1 Å². The molecule has 0 aromatic heterocycles. The van der Waals surface area contributed by atoms with Gasteiger partial charge in [0.05, 0.1) is 5.69 Å². The number of hydrogen-bond donors (Lipinski definition) is 2. The summed E-state index contributed by atoms with van der Waals surface area (Å²) in [4.78, 5) is 10.9. The van der Waals surface area contributed by atoms with Gasteiger partial charge in [-0.25, -0.2) is 9.18 Å². The van der Waals surface area contributed by atoms with Crippen LogP contribution in [0.2, 0.25) is 0 Å². The summed E-state index contributed by atoms with van der Waals surface area (Å²) in [5, 5.41) is 11.9. The lowest BCUT2D eigenvalue weighted by molar-refractivity contribution is 0.0693. The second-order valence-corrected chi connectivity index (χ2v) is 5.20. The summed E-state index contributed by atoms with van der Waals surface area (Å²) < 4.78 is 13.3. The molecule has 4 heteroatoms. The number of aromatic carboxylic acids is 1. The maximum atomic E-state index is 13.3. The van der Waals surface area contributed by atoms with Crippen LogP contribution in [0.15, 0.2) is 18.2 Å². The fourth-order valence-corrected chi connectivity index (χ4v) is 1.46. The zero-order valence-electron chi connectivity index (χ0n) is 10.4. The van der Waals surface area contributed by atoms with Crippen molar-refractivity contribution in [3.05, 3.63) is 29.6 Å². The average molecular weight is 239 g/mol. The maximum absolute atomic E-state index is 13.3. The molecule has 0 radical (unpaired) electrons. The number of carboxylic acids is 1. The first-order valence-corrected chi connectivity index (χ1v) is 5.57. The number of anilines is 1. The summed E-state index contributed by atoms with van der Waals surface area (Å²) in [7, 11) is 0. The van der Waals surface area contributed by atoms with Crippen LogP contribution in [0.25, 0.3) is 0 Å². The van der Waals surface area contributed by atoms with E-state index >= 15 is 0 Å². The third kappa shape index (κ3) is 4.06. The van der Waals surface area contributed by atoms with Gasteiger partial charge < -0.3 is 10.4 Å². The van der Waals surface area contributed by atoms with E-state index in [4.69, 9.17) is 5.11 Å². The molecule has 0 heterocycles. The molecule has 94 valence electrons. The van der Waals surface area contributed by atoms with Crippen molar-refractivity contribution in [1.82, 2.24) is 0 Å². The van der Waals surface area contributed by atoms with Crippen molar-refractivity contribution in [2.24, 2.45) is 5.41 Å². The SMILES string of the molecule is CC(C)(C)CCNc1cccc(F)c1C(=O)O. The summed E-state index contributed by atoms with van der Waals surface area (Å²) in [6.45, 7) is 6.91. The van der Waals surface area contributed by atoms with E-state index in [0.717, 1.165) is 12.5 Å². The van der Waals surface area contributed by atoms with E-state index in [0.29, 0.717) is 12.2 Å². The Hall–Kier alpha value is -1.58. The molecular formula is C13H18FNO2. The number of hydrogen-bond acceptors (Lipinski definition) is 2. The first-order chi connectivity index (χ1) is 7.81. The number of carbonyl (C=O) groups is 1. The zero-order chi connectivity index (χ0) is 13.1. The van der Waals surface area contributed by atoms with Gasteiger partial charge in [-0.2, -0.15) is 0 Å². The summed E-state index contributed by atoms with van der Waals surface area (Å²) in [6, 6.07) is 4.23. The van der Waals surface area contributed by atoms with E-state index in [1.165, 1.54) is 6.07 Å². The quantitative estimate of drug-likeness (QED) is 0.846. The maximum Gasteiger partial charge on any atom is 0.340 e. The first kappa shape index (κ1) is 13.5. The highest BCUT2D eigenvalue weighted by Gasteiger charge is 2.16. The monoisotopic (exact) mass is 239 g/mol. The third-order valence-corrected chi connectivity index (χ3v) is 2.42. The molecule has 3 nitrogen and oxygen atoms in total. The Morgan fingerprint density at radius 3 is 2.59 bits per heavy atom. The van der Waals surface area contributed by atoms with E-state index in [1.807, 2.05) is 0 Å². The second-order valence-electron chi connectivity index (χ2n) is 5.20. The predicted octanol–water partition coefficient (Wildman–Crippen LogP) is 3.37. The van der Waals surface area contributed by atoms with Gasteiger partial charge in [-0.1, -0.05) is 26.8 Å². The molecule has 1 aromatic carbocycles. The molecule has 0 saturated carbocycles. The Bertz CT molecular complexity index is 410. The predicted molar refractivity (Wildman–Crippen MR) is 65.9 cm³/mol. The molecule has 0 amide bonds. The van der Waals surface area contributed by atoms with Crippen LogP contribution < -0.4 is 5.32 Å². The summed E-state index contributed by atoms with van der Waals surface area (Å²) in [5.74, 6) is -1.96. The highest BCUT2D eigenvalue weighted by Crippen LogP contribution is 2.21. The van der Waals surface area contributed by atoms with Crippen molar-refractivity contribution in [2.45, 2.75) is 27.2 Å². The van der Waals surface area contributed by atoms with E-state index in [2.05, 4.69) is 26.1 Å². The Kier molecular flexibility index (Phi) is 4.10. The number of nitrogens with one attached hydrogen (secondary N) is 1. The molecule has 0 bridgehead atoms. The normalized spacial score (nSPS) is 11.3. The third-order valence-electron chi connectivity index (χ3n) is 2.42. The summed E-state index contributed by atoms with van der Waals surface area (Å²) in [5.41, 5.74) is 0.201. The van der Waals surface area contributed by atoms with Crippen LogP contribution in [0.3, 0.4) is 0 Å². The molecule has 0 spiro atoms. The van der Waals surface area contributed by atoms with Crippen LogP contribution in [0.1, 0.15) is 37.6 Å². The lowest BCUT2D eigenvalue weighted by Gasteiger charge is -2.19. The van der Waals surface area contributed by atoms with Gasteiger partial charge in [0.2, 0.25) is 0 Å². The Morgan fingerprint density at radius 2 is 2.06 bits per heavy atom. The minimum atomic E-state index is -1.25. The van der Waals surface area contributed by atoms with Gasteiger partial charge in [0.1, 0.15) is 11.4 Å². The van der Waals surface area contributed by atoms with Crippen LogP contribution in [-0.2, 0) is 0 Å². The standard InChI is InChI=1S/C13H18FNO2/c1-13(2,3)7-8-15-10-6-4-5-9(14)11(10)12(16)17/h4-6,15H,7-8H2,1-3H3,(H,16,17). The average Bonchev–Trinajstić information content (AvgIpc) is 2.14. The van der Waals surface area contributed by atoms with Gasteiger partial charge in [-0.15, -0.1) is 0 Å². The minimum Gasteiger partial charge on any atom is -0.478 e. The summed E-state index contributed by atoms with van der Waals surface area (Å²) >= 11 is 0. The van der Waals surface area contributed by atoms with Gasteiger partial charge >= 0.3 is 5.97 Å². The van der Waals surface area contributed by atoms with Gasteiger partial charge in [0.15, 0.2) is 0 Å². The highest BCUT2D eigenvalue weighted by atomic mass is 19.1. The van der Waals surface area contributed by atoms with Crippen molar-refractivity contribution in [1.29, 1.82) is 0 Å². The van der Waals surface area contributed by atoms with E-state index in [-0.39, 0.29) is 11.0 Å². The molecule has 0 aliphatic rings. The fourth-order valence-electron chi connectivity index (χ4n) is 1.46. The van der Waals surface area contributed by atoms with Crippen molar-refractivity contribution in [2.75, 3.05) is 11.9 Å². The minimum absolute atomic E-state index is 0.156. The molecule has 0 saturated heterocycles. The van der Waals surface area contributed by atoms with Gasteiger partial charge in [0, 0.05) is 6.54 Å². The molecule has 0 atom stereocenters. The van der Waals surface area contributed by atoms with Crippen LogP contribution in [-0.4, -0.2) is 17.6 Å². The molecular weight excluding hydrogens is 221 g/mol. The number of benzene rings is 1. The highest BCUT2D eigenvalue weighted by molar-refractivity contribution is 5.94. The van der Waals surface area contributed by atoms with Gasteiger partial charge in [-0.3, -0.25) is 0 Å². The molecule has 17 heavy (non-hydrogen) atoms. The van der Waals surface area contributed by atoms with E-state index < -0.39 is 11.8 Å². The van der Waals surface area contributed by atoms with Crippen LogP contribution >= 0.6 is 0 Å². The van der Waals surface area contributed by atoms with E-state index in [1.54, 1.807) is 6.07 Å². The molecule has 0 aliphatic heterocycles. The van der Waals surface area contributed by atoms with Crippen LogP contribution in [0.5, 0.6) is 0 Å². The van der Waals surface area contributed by atoms with Gasteiger partial charge in [0.25, 0.3) is 0 Å². The van der Waals surface area contributed by atoms with Crippen LogP contribution in [0, 0.1) is 11.2 Å². The van der Waals surface area contributed by atoms with Gasteiger partial charge in [-0.05, 0) is 24.0 Å². The Balaban J connectivity index is 2.78.